The molecule has 0 saturated carbocycles. The van der Waals surface area contributed by atoms with Crippen LogP contribution in [0.2, 0.25) is 0 Å². The quantitative estimate of drug-likeness (QED) is 0.422. The molecule has 0 amide bonds. The van der Waals surface area contributed by atoms with E-state index in [-0.39, 0.29) is 30.5 Å². The number of aliphatic imine (C=N–C) groups is 1. The first-order valence-electron chi connectivity index (χ1n) is 7.23. The van der Waals surface area contributed by atoms with Crippen molar-refractivity contribution in [2.75, 3.05) is 59.5 Å². The van der Waals surface area contributed by atoms with Gasteiger partial charge in [-0.3, -0.25) is 9.89 Å². The summed E-state index contributed by atoms with van der Waals surface area (Å²) in [7, 11) is 1.63. The van der Waals surface area contributed by atoms with Gasteiger partial charge in [0.25, 0.3) is 6.43 Å². The largest absolute Gasteiger partial charge is 0.381 e. The molecule has 2 saturated heterocycles. The Balaban J connectivity index is 0.00000220. The summed E-state index contributed by atoms with van der Waals surface area (Å²) in [5.74, 6) is 1.23. The van der Waals surface area contributed by atoms with Crippen LogP contribution in [0.4, 0.5) is 8.78 Å². The number of guanidine groups is 1. The Labute approximate surface area is 142 Å². The molecule has 21 heavy (non-hydrogen) atoms. The van der Waals surface area contributed by atoms with E-state index < -0.39 is 6.43 Å². The van der Waals surface area contributed by atoms with Gasteiger partial charge in [-0.15, -0.1) is 24.0 Å². The van der Waals surface area contributed by atoms with E-state index in [1.807, 2.05) is 4.90 Å². The molecular formula is C13H25F2IN4O. The normalized spacial score (nSPS) is 24.3. The summed E-state index contributed by atoms with van der Waals surface area (Å²) < 4.78 is 29.9. The Morgan fingerprint density at radius 3 is 2.57 bits per heavy atom. The van der Waals surface area contributed by atoms with E-state index >= 15 is 0 Å². The number of alkyl halides is 2. The Morgan fingerprint density at radius 2 is 2.05 bits per heavy atom. The zero-order valence-electron chi connectivity index (χ0n) is 12.4. The van der Waals surface area contributed by atoms with E-state index in [0.717, 1.165) is 52.4 Å². The summed E-state index contributed by atoms with van der Waals surface area (Å²) in [6.07, 6.45) is -1.20. The van der Waals surface area contributed by atoms with Crippen LogP contribution in [0.5, 0.6) is 0 Å². The molecule has 124 valence electrons. The lowest BCUT2D eigenvalue weighted by atomic mass is 10.1. The summed E-state index contributed by atoms with van der Waals surface area (Å²) >= 11 is 0. The number of rotatable bonds is 4. The highest BCUT2D eigenvalue weighted by Gasteiger charge is 2.24. The second-order valence-corrected chi connectivity index (χ2v) is 5.34. The number of ether oxygens (including phenoxy) is 1. The maximum absolute atomic E-state index is 12.2. The molecule has 5 nitrogen and oxygen atoms in total. The fourth-order valence-corrected chi connectivity index (χ4v) is 2.74. The van der Waals surface area contributed by atoms with Crippen LogP contribution in [0.1, 0.15) is 6.42 Å². The number of nitrogens with one attached hydrogen (secondary N) is 1. The van der Waals surface area contributed by atoms with Crippen molar-refractivity contribution in [3.8, 4) is 0 Å². The van der Waals surface area contributed by atoms with Crippen LogP contribution in [-0.2, 0) is 4.74 Å². The van der Waals surface area contributed by atoms with Crippen LogP contribution >= 0.6 is 24.0 Å². The van der Waals surface area contributed by atoms with E-state index in [2.05, 4.69) is 15.2 Å². The summed E-state index contributed by atoms with van der Waals surface area (Å²) in [6, 6.07) is 0. The van der Waals surface area contributed by atoms with Crippen LogP contribution in [0.25, 0.3) is 0 Å². The van der Waals surface area contributed by atoms with Crippen molar-refractivity contribution in [3.63, 3.8) is 0 Å². The van der Waals surface area contributed by atoms with E-state index in [1.165, 1.54) is 0 Å². The molecule has 2 aliphatic heterocycles. The molecule has 8 heteroatoms. The minimum absolute atomic E-state index is 0. The fourth-order valence-electron chi connectivity index (χ4n) is 2.74. The number of hydrogen-bond acceptors (Lipinski definition) is 3. The highest BCUT2D eigenvalue weighted by atomic mass is 127. The molecule has 1 N–H and O–H groups in total. The van der Waals surface area contributed by atoms with Crippen LogP contribution in [0.3, 0.4) is 0 Å². The van der Waals surface area contributed by atoms with Crippen molar-refractivity contribution in [3.05, 3.63) is 0 Å². The highest BCUT2D eigenvalue weighted by molar-refractivity contribution is 14.0. The van der Waals surface area contributed by atoms with E-state index in [4.69, 9.17) is 4.74 Å². The first-order chi connectivity index (χ1) is 9.69. The first kappa shape index (κ1) is 18.8. The van der Waals surface area contributed by atoms with Crippen LogP contribution in [0, 0.1) is 5.92 Å². The molecule has 2 heterocycles. The smallest absolute Gasteiger partial charge is 0.255 e. The summed E-state index contributed by atoms with van der Waals surface area (Å²) in [6.45, 7) is 6.06. The Bertz CT molecular complexity index is 319. The van der Waals surface area contributed by atoms with Crippen LogP contribution in [-0.4, -0.2) is 81.7 Å². The minimum atomic E-state index is -2.35. The highest BCUT2D eigenvalue weighted by Crippen LogP contribution is 2.15. The second kappa shape index (κ2) is 9.73. The van der Waals surface area contributed by atoms with Gasteiger partial charge in [-0.25, -0.2) is 8.78 Å². The van der Waals surface area contributed by atoms with E-state index in [1.54, 1.807) is 7.05 Å². The zero-order chi connectivity index (χ0) is 14.4. The molecule has 0 aromatic heterocycles. The van der Waals surface area contributed by atoms with Gasteiger partial charge in [-0.1, -0.05) is 0 Å². The average molecular weight is 418 g/mol. The van der Waals surface area contributed by atoms with E-state index in [0.29, 0.717) is 11.9 Å². The van der Waals surface area contributed by atoms with Crippen molar-refractivity contribution >= 4 is 29.9 Å². The number of hydrogen-bond donors (Lipinski definition) is 1. The molecular weight excluding hydrogens is 393 g/mol. The predicted octanol–water partition coefficient (Wildman–Crippen LogP) is 1.10. The number of halogens is 3. The van der Waals surface area contributed by atoms with Crippen LogP contribution in [0.15, 0.2) is 4.99 Å². The van der Waals surface area contributed by atoms with Gasteiger partial charge in [-0.05, 0) is 12.3 Å². The van der Waals surface area contributed by atoms with Gasteiger partial charge in [0.05, 0.1) is 13.2 Å². The Kier molecular flexibility index (Phi) is 8.72. The maximum Gasteiger partial charge on any atom is 0.255 e. The van der Waals surface area contributed by atoms with Gasteiger partial charge in [0.15, 0.2) is 5.96 Å². The Hall–Kier alpha value is -0.220. The molecule has 2 rings (SSSR count). The van der Waals surface area contributed by atoms with Crippen molar-refractivity contribution in [2.24, 2.45) is 10.9 Å². The first-order valence-corrected chi connectivity index (χ1v) is 7.23. The maximum atomic E-state index is 12.2. The molecule has 0 radical (unpaired) electrons. The third-order valence-corrected chi connectivity index (χ3v) is 3.84. The van der Waals surface area contributed by atoms with Crippen LogP contribution < -0.4 is 5.32 Å². The van der Waals surface area contributed by atoms with Gasteiger partial charge in [0.2, 0.25) is 0 Å². The van der Waals surface area contributed by atoms with Crippen molar-refractivity contribution in [2.45, 2.75) is 12.8 Å². The Morgan fingerprint density at radius 1 is 1.33 bits per heavy atom. The summed E-state index contributed by atoms with van der Waals surface area (Å²) in [5.41, 5.74) is 0. The third kappa shape index (κ3) is 6.19. The lowest BCUT2D eigenvalue weighted by molar-refractivity contribution is 0.134. The lowest BCUT2D eigenvalue weighted by Gasteiger charge is -2.37. The molecule has 2 aliphatic rings. The van der Waals surface area contributed by atoms with E-state index in [9.17, 15) is 8.78 Å². The van der Waals surface area contributed by atoms with Crippen molar-refractivity contribution in [1.29, 1.82) is 0 Å². The molecule has 2 fully saturated rings. The van der Waals surface area contributed by atoms with Gasteiger partial charge in [-0.2, -0.15) is 0 Å². The van der Waals surface area contributed by atoms with Gasteiger partial charge in [0.1, 0.15) is 0 Å². The van der Waals surface area contributed by atoms with Gasteiger partial charge in [0, 0.05) is 46.4 Å². The third-order valence-electron chi connectivity index (χ3n) is 3.84. The fraction of sp³-hybridized carbons (Fsp3) is 0.923. The second-order valence-electron chi connectivity index (χ2n) is 5.34. The molecule has 0 spiro atoms. The average Bonchev–Trinajstić information content (AvgIpc) is 2.94. The molecule has 0 aromatic carbocycles. The standard InChI is InChI=1S/C13H24F2N4O.HI/c1-16-13(17-8-12(14)15)19-5-3-18(4-6-19)9-11-2-7-20-10-11;/h11-12H,2-10H2,1H3,(H,16,17);1H. The molecule has 0 aromatic rings. The number of piperazine rings is 1. The van der Waals surface area contributed by atoms with Crippen molar-refractivity contribution in [1.82, 2.24) is 15.1 Å². The minimum Gasteiger partial charge on any atom is -0.381 e. The molecule has 0 aliphatic carbocycles. The van der Waals surface area contributed by atoms with Crippen molar-refractivity contribution < 1.29 is 13.5 Å². The molecule has 0 bridgehead atoms. The predicted molar refractivity (Wildman–Crippen MR) is 89.7 cm³/mol. The topological polar surface area (TPSA) is 40.1 Å². The van der Waals surface area contributed by atoms with Gasteiger partial charge >= 0.3 is 0 Å². The lowest BCUT2D eigenvalue weighted by Crippen LogP contribution is -2.53. The molecule has 1 atom stereocenters. The monoisotopic (exact) mass is 418 g/mol. The van der Waals surface area contributed by atoms with Gasteiger partial charge < -0.3 is 15.0 Å². The number of nitrogens with zero attached hydrogens (tertiary/aromatic N) is 3. The zero-order valence-corrected chi connectivity index (χ0v) is 14.8. The summed E-state index contributed by atoms with van der Waals surface area (Å²) in [4.78, 5) is 8.54. The summed E-state index contributed by atoms with van der Waals surface area (Å²) in [5, 5.41) is 2.71. The SMILES string of the molecule is CN=C(NCC(F)F)N1CCN(CC2CCOC2)CC1.I. The molecule has 1 unspecified atom stereocenters.